The van der Waals surface area contributed by atoms with Crippen LogP contribution in [0.4, 0.5) is 4.39 Å². The number of sulfonamides is 1. The van der Waals surface area contributed by atoms with Gasteiger partial charge >= 0.3 is 0 Å². The molecule has 0 amide bonds. The Hall–Kier alpha value is -1.51. The largest absolute Gasteiger partial charge is 0.338 e. The first kappa shape index (κ1) is 17.8. The normalized spacial score (nSPS) is 13.5. The smallest absolute Gasteiger partial charge is 0.244 e. The lowest BCUT2D eigenvalue weighted by Crippen LogP contribution is -2.28. The molecule has 1 N–H and O–H groups in total. The van der Waals surface area contributed by atoms with Gasteiger partial charge in [-0.05, 0) is 30.7 Å². The minimum atomic E-state index is -3.76. The number of benzene rings is 1. The molecule has 9 heteroatoms. The summed E-state index contributed by atoms with van der Waals surface area (Å²) in [6, 6.07) is 2.88. The van der Waals surface area contributed by atoms with Crippen molar-refractivity contribution in [2.75, 3.05) is 0 Å². The molecule has 1 aromatic carbocycles. The second-order valence-electron chi connectivity index (χ2n) is 5.48. The fraction of sp³-hybridized carbons (Fsp3) is 0.429. The van der Waals surface area contributed by atoms with Crippen molar-refractivity contribution in [3.63, 3.8) is 0 Å². The summed E-state index contributed by atoms with van der Waals surface area (Å²) in [7, 11) is -3.76. The van der Waals surface area contributed by atoms with Crippen LogP contribution < -0.4 is 4.72 Å². The fourth-order valence-electron chi connectivity index (χ4n) is 1.88. The summed E-state index contributed by atoms with van der Waals surface area (Å²) in [5, 5.41) is 3.97. The van der Waals surface area contributed by atoms with Gasteiger partial charge in [-0.3, -0.25) is 0 Å². The van der Waals surface area contributed by atoms with Crippen molar-refractivity contribution < 1.29 is 17.3 Å². The molecule has 2 aromatic rings. The van der Waals surface area contributed by atoms with Crippen molar-refractivity contribution in [2.45, 2.75) is 38.5 Å². The third kappa shape index (κ3) is 4.73. The monoisotopic (exact) mass is 361 g/mol. The van der Waals surface area contributed by atoms with Crippen LogP contribution in [0.3, 0.4) is 0 Å². The Kier molecular flexibility index (Phi) is 5.38. The summed E-state index contributed by atoms with van der Waals surface area (Å²) in [4.78, 5) is 4.14. The predicted octanol–water partition coefficient (Wildman–Crippen LogP) is 3.17. The second kappa shape index (κ2) is 6.94. The highest BCUT2D eigenvalue weighted by Crippen LogP contribution is 2.21. The van der Waals surface area contributed by atoms with E-state index in [2.05, 4.69) is 14.9 Å². The Balaban J connectivity index is 2.12. The van der Waals surface area contributed by atoms with Crippen LogP contribution in [-0.4, -0.2) is 18.6 Å². The molecular formula is C14H17ClFN3O3S. The lowest BCUT2D eigenvalue weighted by molar-refractivity contribution is 0.348. The van der Waals surface area contributed by atoms with Gasteiger partial charge in [0, 0.05) is 10.9 Å². The van der Waals surface area contributed by atoms with E-state index in [0.29, 0.717) is 5.82 Å². The molecule has 0 bridgehead atoms. The zero-order valence-electron chi connectivity index (χ0n) is 12.9. The van der Waals surface area contributed by atoms with Gasteiger partial charge in [0.05, 0.1) is 11.8 Å². The van der Waals surface area contributed by atoms with Crippen LogP contribution in [0.1, 0.15) is 50.0 Å². The minimum Gasteiger partial charge on any atom is -0.338 e. The molecule has 0 saturated carbocycles. The van der Waals surface area contributed by atoms with E-state index >= 15 is 0 Å². The highest BCUT2D eigenvalue weighted by molar-refractivity contribution is 7.88. The Morgan fingerprint density at radius 2 is 2.04 bits per heavy atom. The highest BCUT2D eigenvalue weighted by atomic mass is 35.5. The molecule has 23 heavy (non-hydrogen) atoms. The van der Waals surface area contributed by atoms with Gasteiger partial charge in [0.2, 0.25) is 15.9 Å². The molecule has 0 aliphatic heterocycles. The van der Waals surface area contributed by atoms with Crippen LogP contribution in [0.15, 0.2) is 22.7 Å². The number of nitrogens with one attached hydrogen (secondary N) is 1. The van der Waals surface area contributed by atoms with E-state index in [1.807, 2.05) is 13.8 Å². The molecule has 1 heterocycles. The average molecular weight is 362 g/mol. The van der Waals surface area contributed by atoms with E-state index in [4.69, 9.17) is 16.1 Å². The molecule has 0 aliphatic rings. The zero-order valence-corrected chi connectivity index (χ0v) is 14.4. The topological polar surface area (TPSA) is 85.1 Å². The maximum atomic E-state index is 13.2. The summed E-state index contributed by atoms with van der Waals surface area (Å²) in [5.41, 5.74) is 0.180. The molecule has 0 unspecified atom stereocenters. The zero-order chi connectivity index (χ0) is 17.2. The lowest BCUT2D eigenvalue weighted by Gasteiger charge is -2.11. The van der Waals surface area contributed by atoms with Crippen LogP contribution in [0.25, 0.3) is 0 Å². The van der Waals surface area contributed by atoms with Crippen molar-refractivity contribution in [1.29, 1.82) is 0 Å². The predicted molar refractivity (Wildman–Crippen MR) is 84.0 cm³/mol. The maximum Gasteiger partial charge on any atom is 0.244 e. The third-order valence-electron chi connectivity index (χ3n) is 3.05. The molecule has 1 aromatic heterocycles. The first-order valence-corrected chi connectivity index (χ1v) is 8.98. The number of hydrogen-bond acceptors (Lipinski definition) is 5. The number of rotatable bonds is 6. The van der Waals surface area contributed by atoms with Gasteiger partial charge in [-0.2, -0.15) is 4.98 Å². The van der Waals surface area contributed by atoms with Gasteiger partial charge in [0.25, 0.3) is 0 Å². The molecule has 1 atom stereocenters. The van der Waals surface area contributed by atoms with Gasteiger partial charge in [0.1, 0.15) is 5.82 Å². The van der Waals surface area contributed by atoms with Crippen molar-refractivity contribution >= 4 is 21.6 Å². The van der Waals surface area contributed by atoms with Crippen LogP contribution >= 0.6 is 11.6 Å². The summed E-state index contributed by atoms with van der Waals surface area (Å²) in [5.74, 6) is -0.255. The number of nitrogens with zero attached hydrogens (tertiary/aromatic N) is 2. The van der Waals surface area contributed by atoms with Gasteiger partial charge in [-0.15, -0.1) is 0 Å². The minimum absolute atomic E-state index is 0.0717. The Morgan fingerprint density at radius 1 is 1.35 bits per heavy atom. The molecular weight excluding hydrogens is 345 g/mol. The highest BCUT2D eigenvalue weighted by Gasteiger charge is 2.22. The Bertz CT molecular complexity index is 792. The van der Waals surface area contributed by atoms with Crippen molar-refractivity contribution in [3.8, 4) is 0 Å². The van der Waals surface area contributed by atoms with E-state index in [-0.39, 0.29) is 22.4 Å². The summed E-state index contributed by atoms with van der Waals surface area (Å²) in [6.45, 7) is 5.38. The molecule has 0 aliphatic carbocycles. The van der Waals surface area contributed by atoms with E-state index in [1.54, 1.807) is 6.92 Å². The van der Waals surface area contributed by atoms with Crippen molar-refractivity contribution in [1.82, 2.24) is 14.9 Å². The van der Waals surface area contributed by atoms with E-state index in [1.165, 1.54) is 12.1 Å². The van der Waals surface area contributed by atoms with E-state index in [0.717, 1.165) is 6.07 Å². The van der Waals surface area contributed by atoms with Gasteiger partial charge in [-0.1, -0.05) is 30.6 Å². The molecule has 6 nitrogen and oxygen atoms in total. The SMILES string of the molecule is CC(C)c1noc([C@@H](C)NS(=O)(=O)Cc2cc(F)ccc2Cl)n1. The number of hydrogen-bond donors (Lipinski definition) is 1. The molecule has 2 rings (SSSR count). The van der Waals surface area contributed by atoms with Crippen molar-refractivity contribution in [3.05, 3.63) is 46.3 Å². The average Bonchev–Trinajstić information content (AvgIpc) is 2.92. The maximum absolute atomic E-state index is 13.2. The van der Waals surface area contributed by atoms with E-state index < -0.39 is 27.6 Å². The summed E-state index contributed by atoms with van der Waals surface area (Å²) in [6.07, 6.45) is 0. The lowest BCUT2D eigenvalue weighted by atomic mass is 10.2. The first-order valence-electron chi connectivity index (χ1n) is 6.95. The number of aromatic nitrogens is 2. The van der Waals surface area contributed by atoms with Crippen molar-refractivity contribution in [2.24, 2.45) is 0 Å². The first-order chi connectivity index (χ1) is 10.7. The second-order valence-corrected chi connectivity index (χ2v) is 7.64. The van der Waals surface area contributed by atoms with Crippen LogP contribution in [-0.2, 0) is 15.8 Å². The molecule has 0 fully saturated rings. The van der Waals surface area contributed by atoms with Crippen LogP contribution in [0.5, 0.6) is 0 Å². The quantitative estimate of drug-likeness (QED) is 0.854. The Morgan fingerprint density at radius 3 is 2.65 bits per heavy atom. The summed E-state index contributed by atoms with van der Waals surface area (Å²) >= 11 is 5.89. The molecule has 0 saturated heterocycles. The molecule has 0 radical (unpaired) electrons. The Labute approximate surface area is 139 Å². The van der Waals surface area contributed by atoms with Crippen LogP contribution in [0.2, 0.25) is 5.02 Å². The van der Waals surface area contributed by atoms with Gasteiger partial charge in [-0.25, -0.2) is 17.5 Å². The third-order valence-corrected chi connectivity index (χ3v) is 4.83. The van der Waals surface area contributed by atoms with Gasteiger partial charge < -0.3 is 4.52 Å². The van der Waals surface area contributed by atoms with Crippen LogP contribution in [0, 0.1) is 5.82 Å². The van der Waals surface area contributed by atoms with Gasteiger partial charge in [0.15, 0.2) is 5.82 Å². The van der Waals surface area contributed by atoms with E-state index in [9.17, 15) is 12.8 Å². The number of halogens is 2. The summed E-state index contributed by atoms with van der Waals surface area (Å²) < 4.78 is 45.1. The molecule has 126 valence electrons. The standard InChI is InChI=1S/C14H17ClFN3O3S/c1-8(2)13-17-14(22-18-13)9(3)19-23(20,21)7-10-6-11(16)4-5-12(10)15/h4-6,8-9,19H,7H2,1-3H3/t9-/m1/s1. The fourth-order valence-corrected chi connectivity index (χ4v) is 3.51. The molecule has 0 spiro atoms.